The molecule has 0 heterocycles. The van der Waals surface area contributed by atoms with E-state index in [1.165, 1.54) is 20.3 Å². The zero-order chi connectivity index (χ0) is 22.7. The molecule has 0 bridgehead atoms. The van der Waals surface area contributed by atoms with E-state index in [1.54, 1.807) is 52.0 Å². The minimum atomic E-state index is -0.816. The normalized spacial score (nSPS) is 13.4. The Labute approximate surface area is 178 Å². The van der Waals surface area contributed by atoms with Gasteiger partial charge in [-0.25, -0.2) is 9.59 Å². The minimum Gasteiger partial charge on any atom is -0.493 e. The van der Waals surface area contributed by atoms with E-state index in [4.69, 9.17) is 18.9 Å². The summed E-state index contributed by atoms with van der Waals surface area (Å²) in [7, 11) is 3.06. The Morgan fingerprint density at radius 2 is 1.83 bits per heavy atom. The molecule has 0 aromatic heterocycles. The van der Waals surface area contributed by atoms with Crippen LogP contribution in [0.25, 0.3) is 0 Å². The average molecular weight is 424 g/mol. The predicted octanol–water partition coefficient (Wildman–Crippen LogP) is 3.53. The molecule has 1 aromatic rings. The first-order valence-electron chi connectivity index (χ1n) is 9.82. The molecule has 1 rings (SSSR count). The van der Waals surface area contributed by atoms with E-state index >= 15 is 0 Å². The van der Waals surface area contributed by atoms with Gasteiger partial charge in [0, 0.05) is 6.08 Å². The SMILES string of the molecule is CCOC(=O)/C=C/C[C@H](O)C[C@H](NC(=O)OC(C)(C)C)c1ccc(OC)c(OC)c1. The first-order valence-corrected chi connectivity index (χ1v) is 9.82. The third kappa shape index (κ3) is 9.17. The molecule has 0 saturated carbocycles. The van der Waals surface area contributed by atoms with Crippen LogP contribution < -0.4 is 14.8 Å². The molecule has 0 aliphatic carbocycles. The molecule has 8 nitrogen and oxygen atoms in total. The maximum absolute atomic E-state index is 12.3. The van der Waals surface area contributed by atoms with Gasteiger partial charge in [-0.2, -0.15) is 0 Å². The topological polar surface area (TPSA) is 103 Å². The first kappa shape index (κ1) is 25.3. The third-order valence-corrected chi connectivity index (χ3v) is 3.96. The Kier molecular flexibility index (Phi) is 10.2. The summed E-state index contributed by atoms with van der Waals surface area (Å²) in [6, 6.07) is 4.70. The number of rotatable bonds is 10. The number of alkyl carbamates (subject to hydrolysis) is 1. The summed E-state index contributed by atoms with van der Waals surface area (Å²) in [5, 5.41) is 13.2. The summed E-state index contributed by atoms with van der Waals surface area (Å²) in [6.45, 7) is 7.32. The van der Waals surface area contributed by atoms with Gasteiger partial charge in [0.25, 0.3) is 0 Å². The van der Waals surface area contributed by atoms with Crippen molar-refractivity contribution in [2.75, 3.05) is 20.8 Å². The minimum absolute atomic E-state index is 0.196. The molecular formula is C22H33NO7. The van der Waals surface area contributed by atoms with Crippen LogP contribution in [0.1, 0.15) is 52.1 Å². The highest BCUT2D eigenvalue weighted by molar-refractivity contribution is 5.81. The largest absolute Gasteiger partial charge is 0.493 e. The standard InChI is InChI=1S/C22H33NO7/c1-7-29-20(25)10-8-9-16(24)14-17(23-21(26)30-22(2,3)4)15-11-12-18(27-5)19(13-15)28-6/h8,10-13,16-17,24H,7,9,14H2,1-6H3,(H,23,26)/b10-8+/t16-,17-/m0/s1. The number of ether oxygens (including phenoxy) is 4. The quantitative estimate of drug-likeness (QED) is 0.438. The Morgan fingerprint density at radius 1 is 1.17 bits per heavy atom. The summed E-state index contributed by atoms with van der Waals surface area (Å²) in [5.41, 5.74) is 0.0553. The van der Waals surface area contributed by atoms with Crippen molar-refractivity contribution in [3.05, 3.63) is 35.9 Å². The van der Waals surface area contributed by atoms with Gasteiger partial charge in [-0.05, 0) is 58.2 Å². The second-order valence-electron chi connectivity index (χ2n) is 7.59. The van der Waals surface area contributed by atoms with Crippen LogP contribution in [0.5, 0.6) is 11.5 Å². The second kappa shape index (κ2) is 12.1. The molecular weight excluding hydrogens is 390 g/mol. The summed E-state index contributed by atoms with van der Waals surface area (Å²) < 4.78 is 20.8. The Hall–Kier alpha value is -2.74. The molecule has 0 unspecified atom stereocenters. The zero-order valence-electron chi connectivity index (χ0n) is 18.6. The van der Waals surface area contributed by atoms with Crippen LogP contribution in [0.4, 0.5) is 4.79 Å². The van der Waals surface area contributed by atoms with Crippen LogP contribution in [0.2, 0.25) is 0 Å². The predicted molar refractivity (Wildman–Crippen MR) is 113 cm³/mol. The van der Waals surface area contributed by atoms with Gasteiger partial charge in [0.1, 0.15) is 5.60 Å². The van der Waals surface area contributed by atoms with E-state index in [2.05, 4.69) is 5.32 Å². The van der Waals surface area contributed by atoms with Crippen LogP contribution in [0.3, 0.4) is 0 Å². The summed E-state index contributed by atoms with van der Waals surface area (Å²) >= 11 is 0. The highest BCUT2D eigenvalue weighted by Gasteiger charge is 2.23. The molecule has 1 aromatic carbocycles. The number of hydrogen-bond donors (Lipinski definition) is 2. The smallest absolute Gasteiger partial charge is 0.408 e. The van der Waals surface area contributed by atoms with E-state index in [-0.39, 0.29) is 19.4 Å². The van der Waals surface area contributed by atoms with Crippen molar-refractivity contribution in [1.82, 2.24) is 5.32 Å². The highest BCUT2D eigenvalue weighted by Crippen LogP contribution is 2.31. The Balaban J connectivity index is 2.98. The third-order valence-electron chi connectivity index (χ3n) is 3.96. The van der Waals surface area contributed by atoms with Crippen molar-refractivity contribution < 1.29 is 33.6 Å². The van der Waals surface area contributed by atoms with Crippen molar-refractivity contribution in [2.45, 2.75) is 58.3 Å². The lowest BCUT2D eigenvalue weighted by Crippen LogP contribution is -2.36. The molecule has 0 fully saturated rings. The van der Waals surface area contributed by atoms with E-state index in [9.17, 15) is 14.7 Å². The molecule has 1 amide bonds. The lowest BCUT2D eigenvalue weighted by molar-refractivity contribution is -0.137. The van der Waals surface area contributed by atoms with Crippen LogP contribution in [-0.2, 0) is 14.3 Å². The van der Waals surface area contributed by atoms with Crippen molar-refractivity contribution in [1.29, 1.82) is 0 Å². The van der Waals surface area contributed by atoms with E-state index in [1.807, 2.05) is 0 Å². The maximum atomic E-state index is 12.3. The monoisotopic (exact) mass is 423 g/mol. The Morgan fingerprint density at radius 3 is 2.40 bits per heavy atom. The maximum Gasteiger partial charge on any atom is 0.408 e. The lowest BCUT2D eigenvalue weighted by Gasteiger charge is -2.25. The molecule has 0 aliphatic heterocycles. The number of methoxy groups -OCH3 is 2. The van der Waals surface area contributed by atoms with Gasteiger partial charge in [-0.3, -0.25) is 0 Å². The second-order valence-corrected chi connectivity index (χ2v) is 7.59. The number of nitrogens with one attached hydrogen (secondary N) is 1. The van der Waals surface area contributed by atoms with Gasteiger partial charge >= 0.3 is 12.1 Å². The lowest BCUT2D eigenvalue weighted by atomic mass is 9.98. The molecule has 2 N–H and O–H groups in total. The van der Waals surface area contributed by atoms with Crippen molar-refractivity contribution in [2.24, 2.45) is 0 Å². The van der Waals surface area contributed by atoms with Crippen LogP contribution in [0.15, 0.2) is 30.4 Å². The number of hydrogen-bond acceptors (Lipinski definition) is 7. The van der Waals surface area contributed by atoms with Gasteiger partial charge in [0.2, 0.25) is 0 Å². The highest BCUT2D eigenvalue weighted by atomic mass is 16.6. The molecule has 2 atom stereocenters. The average Bonchev–Trinajstić information content (AvgIpc) is 2.65. The van der Waals surface area contributed by atoms with E-state index < -0.39 is 29.8 Å². The van der Waals surface area contributed by atoms with Crippen LogP contribution >= 0.6 is 0 Å². The number of esters is 1. The first-order chi connectivity index (χ1) is 14.1. The summed E-state index contributed by atoms with van der Waals surface area (Å²) in [4.78, 5) is 23.7. The molecule has 30 heavy (non-hydrogen) atoms. The zero-order valence-corrected chi connectivity index (χ0v) is 18.6. The fourth-order valence-electron chi connectivity index (χ4n) is 2.68. The Bertz CT molecular complexity index is 725. The summed E-state index contributed by atoms with van der Waals surface area (Å²) in [5.74, 6) is 0.589. The number of aliphatic hydroxyl groups is 1. The number of carbonyl (C=O) groups excluding carboxylic acids is 2. The number of benzene rings is 1. The van der Waals surface area contributed by atoms with Crippen molar-refractivity contribution in [3.63, 3.8) is 0 Å². The molecule has 0 spiro atoms. The number of aliphatic hydroxyl groups excluding tert-OH is 1. The van der Waals surface area contributed by atoms with Gasteiger partial charge in [-0.15, -0.1) is 0 Å². The molecule has 0 radical (unpaired) electrons. The fraction of sp³-hybridized carbons (Fsp3) is 0.545. The van der Waals surface area contributed by atoms with Crippen molar-refractivity contribution in [3.8, 4) is 11.5 Å². The number of carbonyl (C=O) groups is 2. The fourth-order valence-corrected chi connectivity index (χ4v) is 2.68. The van der Waals surface area contributed by atoms with E-state index in [0.717, 1.165) is 0 Å². The molecule has 0 saturated heterocycles. The molecule has 8 heteroatoms. The van der Waals surface area contributed by atoms with Crippen LogP contribution in [-0.4, -0.2) is 49.7 Å². The van der Waals surface area contributed by atoms with E-state index in [0.29, 0.717) is 17.1 Å². The van der Waals surface area contributed by atoms with Gasteiger partial charge in [0.05, 0.1) is 33.0 Å². The van der Waals surface area contributed by atoms with Gasteiger partial charge in [-0.1, -0.05) is 12.1 Å². The number of amides is 1. The van der Waals surface area contributed by atoms with Gasteiger partial charge in [0.15, 0.2) is 11.5 Å². The van der Waals surface area contributed by atoms with Crippen molar-refractivity contribution >= 4 is 12.1 Å². The van der Waals surface area contributed by atoms with Gasteiger partial charge < -0.3 is 29.4 Å². The summed E-state index contributed by atoms with van der Waals surface area (Å²) in [6.07, 6.45) is 1.82. The molecule has 0 aliphatic rings. The molecule has 168 valence electrons. The van der Waals surface area contributed by atoms with Crippen LogP contribution in [0, 0.1) is 0 Å².